The third kappa shape index (κ3) is 3.10. The van der Waals surface area contributed by atoms with Crippen molar-refractivity contribution in [2.24, 2.45) is 0 Å². The minimum atomic E-state index is 0.416. The number of ether oxygens (including phenoxy) is 1. The van der Waals surface area contributed by atoms with Crippen LogP contribution in [0.5, 0.6) is 0 Å². The number of rotatable bonds is 4. The number of nitrogen functional groups attached to an aromatic ring is 1. The zero-order valence-corrected chi connectivity index (χ0v) is 9.48. The zero-order valence-electron chi connectivity index (χ0n) is 9.48. The highest BCUT2D eigenvalue weighted by Crippen LogP contribution is 2.17. The summed E-state index contributed by atoms with van der Waals surface area (Å²) in [5.41, 5.74) is 6.65. The number of nitrogens with two attached hydrogens (primary N) is 1. The van der Waals surface area contributed by atoms with Gasteiger partial charge >= 0.3 is 0 Å². The molecule has 4 nitrogen and oxygen atoms in total. The van der Waals surface area contributed by atoms with Gasteiger partial charge in [-0.1, -0.05) is 0 Å². The maximum atomic E-state index is 5.73. The number of hydrogen-bond donors (Lipinski definition) is 2. The highest BCUT2D eigenvalue weighted by atomic mass is 16.5. The molecule has 1 atom stereocenters. The molecule has 2 rings (SSSR count). The molecule has 1 fully saturated rings. The Bertz CT molecular complexity index is 324. The number of anilines is 2. The Hall–Kier alpha value is -1.29. The van der Waals surface area contributed by atoms with Gasteiger partial charge in [0.25, 0.3) is 0 Å². The Morgan fingerprint density at radius 3 is 3.19 bits per heavy atom. The quantitative estimate of drug-likeness (QED) is 0.816. The molecule has 3 N–H and O–H groups in total. The SMILES string of the molecule is Nc1ncccc1NCCC1CCCCO1. The van der Waals surface area contributed by atoms with Crippen molar-refractivity contribution in [1.29, 1.82) is 0 Å². The molecule has 0 saturated carbocycles. The first kappa shape index (κ1) is 11.2. The van der Waals surface area contributed by atoms with Gasteiger partial charge in [0.05, 0.1) is 11.8 Å². The maximum absolute atomic E-state index is 5.73. The van der Waals surface area contributed by atoms with E-state index >= 15 is 0 Å². The summed E-state index contributed by atoms with van der Waals surface area (Å²) in [4.78, 5) is 4.03. The Kier molecular flexibility index (Phi) is 3.99. The van der Waals surface area contributed by atoms with E-state index in [1.807, 2.05) is 12.1 Å². The maximum Gasteiger partial charge on any atom is 0.146 e. The fourth-order valence-corrected chi connectivity index (χ4v) is 1.97. The molecule has 1 saturated heterocycles. The van der Waals surface area contributed by atoms with E-state index < -0.39 is 0 Å². The fourth-order valence-electron chi connectivity index (χ4n) is 1.97. The smallest absolute Gasteiger partial charge is 0.146 e. The van der Waals surface area contributed by atoms with Crippen molar-refractivity contribution in [3.8, 4) is 0 Å². The van der Waals surface area contributed by atoms with Gasteiger partial charge in [0.2, 0.25) is 0 Å². The summed E-state index contributed by atoms with van der Waals surface area (Å²) in [6.45, 7) is 1.81. The average molecular weight is 221 g/mol. The number of hydrogen-bond acceptors (Lipinski definition) is 4. The van der Waals surface area contributed by atoms with E-state index in [9.17, 15) is 0 Å². The van der Waals surface area contributed by atoms with E-state index in [1.54, 1.807) is 6.20 Å². The van der Waals surface area contributed by atoms with Gasteiger partial charge in [-0.3, -0.25) is 0 Å². The molecule has 0 spiro atoms. The van der Waals surface area contributed by atoms with Crippen LogP contribution in [0.1, 0.15) is 25.7 Å². The van der Waals surface area contributed by atoms with E-state index in [2.05, 4.69) is 10.3 Å². The molecule has 1 aromatic rings. The lowest BCUT2D eigenvalue weighted by Crippen LogP contribution is -2.22. The van der Waals surface area contributed by atoms with Crippen LogP contribution in [0.2, 0.25) is 0 Å². The lowest BCUT2D eigenvalue weighted by atomic mass is 10.1. The van der Waals surface area contributed by atoms with Crippen LogP contribution in [0.3, 0.4) is 0 Å². The molecule has 1 aromatic heterocycles. The Balaban J connectivity index is 1.73. The van der Waals surface area contributed by atoms with Gasteiger partial charge in [0.1, 0.15) is 5.82 Å². The summed E-state index contributed by atoms with van der Waals surface area (Å²) >= 11 is 0. The van der Waals surface area contributed by atoms with E-state index in [-0.39, 0.29) is 0 Å². The largest absolute Gasteiger partial charge is 0.382 e. The van der Waals surface area contributed by atoms with Crippen LogP contribution >= 0.6 is 0 Å². The summed E-state index contributed by atoms with van der Waals surface area (Å²) in [6, 6.07) is 3.83. The molecule has 0 aliphatic carbocycles. The first-order valence-corrected chi connectivity index (χ1v) is 5.92. The topological polar surface area (TPSA) is 60.2 Å². The van der Waals surface area contributed by atoms with Gasteiger partial charge < -0.3 is 15.8 Å². The molecule has 1 unspecified atom stereocenters. The van der Waals surface area contributed by atoms with E-state index in [0.717, 1.165) is 25.3 Å². The predicted octanol–water partition coefficient (Wildman–Crippen LogP) is 2.03. The molecule has 1 aliphatic rings. The first-order valence-electron chi connectivity index (χ1n) is 5.92. The number of aromatic nitrogens is 1. The Labute approximate surface area is 96.2 Å². The lowest BCUT2D eigenvalue weighted by molar-refractivity contribution is 0.0134. The summed E-state index contributed by atoms with van der Waals surface area (Å²) in [7, 11) is 0. The van der Waals surface area contributed by atoms with Crippen molar-refractivity contribution in [3.05, 3.63) is 18.3 Å². The normalized spacial score (nSPS) is 20.6. The summed E-state index contributed by atoms with van der Waals surface area (Å²) in [6.07, 6.45) is 6.83. The first-order chi connectivity index (χ1) is 7.86. The number of nitrogens with one attached hydrogen (secondary N) is 1. The van der Waals surface area contributed by atoms with Gasteiger partial charge in [0, 0.05) is 19.3 Å². The van der Waals surface area contributed by atoms with Crippen LogP contribution in [0, 0.1) is 0 Å². The highest BCUT2D eigenvalue weighted by molar-refractivity contribution is 5.60. The van der Waals surface area contributed by atoms with Gasteiger partial charge in [-0.25, -0.2) is 4.98 Å². The van der Waals surface area contributed by atoms with Crippen molar-refractivity contribution in [1.82, 2.24) is 4.98 Å². The van der Waals surface area contributed by atoms with Crippen LogP contribution in [-0.2, 0) is 4.74 Å². The molecule has 4 heteroatoms. The van der Waals surface area contributed by atoms with E-state index in [1.165, 1.54) is 19.3 Å². The second-order valence-electron chi connectivity index (χ2n) is 4.14. The molecule has 16 heavy (non-hydrogen) atoms. The molecule has 0 amide bonds. The Morgan fingerprint density at radius 2 is 2.44 bits per heavy atom. The molecule has 88 valence electrons. The van der Waals surface area contributed by atoms with Crippen LogP contribution in [0.4, 0.5) is 11.5 Å². The van der Waals surface area contributed by atoms with Crippen LogP contribution in [0.25, 0.3) is 0 Å². The standard InChI is InChI=1S/C12H19N3O/c13-12-11(5-3-7-15-12)14-8-6-10-4-1-2-9-16-10/h3,5,7,10,14H,1-2,4,6,8-9H2,(H2,13,15). The summed E-state index contributed by atoms with van der Waals surface area (Å²) in [5.74, 6) is 0.562. The molecule has 0 aromatic carbocycles. The minimum Gasteiger partial charge on any atom is -0.382 e. The lowest BCUT2D eigenvalue weighted by Gasteiger charge is -2.22. The van der Waals surface area contributed by atoms with Crippen molar-refractivity contribution < 1.29 is 4.74 Å². The third-order valence-electron chi connectivity index (χ3n) is 2.89. The molecule has 1 aliphatic heterocycles. The fraction of sp³-hybridized carbons (Fsp3) is 0.583. The molecule has 2 heterocycles. The predicted molar refractivity (Wildman–Crippen MR) is 65.3 cm³/mol. The van der Waals surface area contributed by atoms with Gasteiger partial charge in [-0.15, -0.1) is 0 Å². The van der Waals surface area contributed by atoms with Crippen LogP contribution in [0.15, 0.2) is 18.3 Å². The summed E-state index contributed by atoms with van der Waals surface area (Å²) in [5, 5.41) is 3.29. The average Bonchev–Trinajstić information content (AvgIpc) is 2.33. The van der Waals surface area contributed by atoms with Crippen molar-refractivity contribution >= 4 is 11.5 Å². The van der Waals surface area contributed by atoms with Crippen molar-refractivity contribution in [2.45, 2.75) is 31.8 Å². The van der Waals surface area contributed by atoms with Crippen molar-refractivity contribution in [2.75, 3.05) is 24.2 Å². The molecular formula is C12H19N3O. The van der Waals surface area contributed by atoms with Crippen LogP contribution < -0.4 is 11.1 Å². The Morgan fingerprint density at radius 1 is 1.50 bits per heavy atom. The second kappa shape index (κ2) is 5.70. The van der Waals surface area contributed by atoms with E-state index in [0.29, 0.717) is 11.9 Å². The summed E-state index contributed by atoms with van der Waals surface area (Å²) < 4.78 is 5.66. The monoisotopic (exact) mass is 221 g/mol. The number of nitrogens with zero attached hydrogens (tertiary/aromatic N) is 1. The minimum absolute atomic E-state index is 0.416. The highest BCUT2D eigenvalue weighted by Gasteiger charge is 2.13. The zero-order chi connectivity index (χ0) is 11.2. The second-order valence-corrected chi connectivity index (χ2v) is 4.14. The van der Waals surface area contributed by atoms with Gasteiger partial charge in [-0.05, 0) is 37.8 Å². The van der Waals surface area contributed by atoms with Gasteiger partial charge in [-0.2, -0.15) is 0 Å². The third-order valence-corrected chi connectivity index (χ3v) is 2.89. The van der Waals surface area contributed by atoms with Crippen LogP contribution in [-0.4, -0.2) is 24.2 Å². The van der Waals surface area contributed by atoms with Gasteiger partial charge in [0.15, 0.2) is 0 Å². The molecular weight excluding hydrogens is 202 g/mol. The molecule has 0 bridgehead atoms. The molecule has 0 radical (unpaired) electrons. The number of pyridine rings is 1. The van der Waals surface area contributed by atoms with Crippen molar-refractivity contribution in [3.63, 3.8) is 0 Å². The van der Waals surface area contributed by atoms with E-state index in [4.69, 9.17) is 10.5 Å².